The number of nitrogens with one attached hydrogen (secondary N) is 3. The lowest BCUT2D eigenvalue weighted by atomic mass is 9.93. The number of esters is 1. The van der Waals surface area contributed by atoms with E-state index in [1.807, 2.05) is 24.3 Å². The Morgan fingerprint density at radius 2 is 1.73 bits per heavy atom. The van der Waals surface area contributed by atoms with Gasteiger partial charge in [-0.1, -0.05) is 18.2 Å². The number of hydrogen-bond acceptors (Lipinski definition) is 7. The van der Waals surface area contributed by atoms with Gasteiger partial charge in [0.2, 0.25) is 15.9 Å². The number of nitrogens with zero attached hydrogens (tertiary/aromatic N) is 1. The van der Waals surface area contributed by atoms with E-state index in [0.29, 0.717) is 5.56 Å². The fourth-order valence-corrected chi connectivity index (χ4v) is 5.27. The third-order valence-electron chi connectivity index (χ3n) is 6.06. The van der Waals surface area contributed by atoms with E-state index in [1.54, 1.807) is 25.1 Å². The molecule has 1 saturated heterocycles. The second-order valence-corrected chi connectivity index (χ2v) is 10.4. The van der Waals surface area contributed by atoms with E-state index in [2.05, 4.69) is 14.9 Å². The first-order chi connectivity index (χ1) is 17.2. The molecule has 0 spiro atoms. The molecule has 1 aliphatic rings. The number of amidine groups is 1. The molecule has 1 heterocycles. The summed E-state index contributed by atoms with van der Waals surface area (Å²) in [5.41, 5.74) is 7.24. The molecule has 2 aromatic carbocycles. The molecule has 12 heteroatoms. The molecule has 5 N–H and O–H groups in total. The molecule has 10 nitrogen and oxygen atoms in total. The number of carbonyl (C=O) groups is 2. The second-order valence-electron chi connectivity index (χ2n) is 8.64. The molecule has 1 amide bonds. The summed E-state index contributed by atoms with van der Waals surface area (Å²) >= 11 is 0. The number of benzene rings is 2. The van der Waals surface area contributed by atoms with Crippen LogP contribution in [0.5, 0.6) is 0 Å². The van der Waals surface area contributed by atoms with Gasteiger partial charge in [-0.2, -0.15) is 4.72 Å². The van der Waals surface area contributed by atoms with Crippen molar-refractivity contribution in [2.24, 2.45) is 11.7 Å². The van der Waals surface area contributed by atoms with E-state index < -0.39 is 22.0 Å². The minimum absolute atomic E-state index is 0. The zero-order valence-electron chi connectivity index (χ0n) is 20.7. The lowest BCUT2D eigenvalue weighted by Gasteiger charge is -2.33. The third-order valence-corrected chi connectivity index (χ3v) is 7.55. The van der Waals surface area contributed by atoms with Crippen molar-refractivity contribution in [3.05, 3.63) is 60.2 Å². The molecular weight excluding hydrogens is 609 g/mol. The third kappa shape index (κ3) is 8.97. The number of sulfonamides is 1. The van der Waals surface area contributed by atoms with Crippen LogP contribution >= 0.6 is 24.0 Å². The van der Waals surface area contributed by atoms with Gasteiger partial charge in [-0.25, -0.2) is 8.42 Å². The number of hydrogen-bond donors (Lipinski definition) is 4. The quantitative estimate of drug-likeness (QED) is 0.127. The molecule has 37 heavy (non-hydrogen) atoms. The van der Waals surface area contributed by atoms with Gasteiger partial charge < -0.3 is 20.7 Å². The molecule has 0 aromatic heterocycles. The number of nitrogens with two attached hydrogens (primary N) is 1. The summed E-state index contributed by atoms with van der Waals surface area (Å²) in [7, 11) is -3.96. The van der Waals surface area contributed by atoms with Gasteiger partial charge in [-0.15, -0.1) is 24.0 Å². The number of amides is 1. The fourth-order valence-electron chi connectivity index (χ4n) is 4.07. The average molecular weight is 644 g/mol. The van der Waals surface area contributed by atoms with Crippen molar-refractivity contribution < 1.29 is 22.7 Å². The molecule has 1 atom stereocenters. The number of anilines is 1. The second kappa shape index (κ2) is 14.3. The summed E-state index contributed by atoms with van der Waals surface area (Å²) in [6.07, 6.45) is 1.94. The molecule has 0 radical (unpaired) electrons. The van der Waals surface area contributed by atoms with Crippen LogP contribution in [-0.4, -0.2) is 58.4 Å². The SMILES string of the molecule is CCOC(=O)[C@H](CNC(=O)CC1CCN(c2ccc(C(=N)N)cc2)CC1)NS(=O)(=O)c1ccccc1.I. The molecule has 0 unspecified atom stereocenters. The monoisotopic (exact) mass is 643 g/mol. The van der Waals surface area contributed by atoms with Crippen molar-refractivity contribution in [1.29, 1.82) is 5.41 Å². The summed E-state index contributed by atoms with van der Waals surface area (Å²) < 4.78 is 32.7. The smallest absolute Gasteiger partial charge is 0.326 e. The maximum Gasteiger partial charge on any atom is 0.326 e. The molecule has 0 aliphatic carbocycles. The van der Waals surface area contributed by atoms with Gasteiger partial charge in [0.15, 0.2) is 0 Å². The first-order valence-corrected chi connectivity index (χ1v) is 13.4. The minimum Gasteiger partial charge on any atom is -0.465 e. The Kier molecular flexibility index (Phi) is 11.8. The van der Waals surface area contributed by atoms with E-state index in [0.717, 1.165) is 31.6 Å². The number of piperidine rings is 1. The Labute approximate surface area is 234 Å². The van der Waals surface area contributed by atoms with E-state index in [4.69, 9.17) is 15.9 Å². The summed E-state index contributed by atoms with van der Waals surface area (Å²) in [6.45, 7) is 3.10. The standard InChI is InChI=1S/C25H33N5O5S.HI/c1-2-35-25(32)22(29-36(33,34)21-6-4-3-5-7-21)17-28-23(31)16-18-12-14-30(15-13-18)20-10-8-19(9-11-20)24(26)27;/h3-11,18,22,29H,2,12-17H2,1H3,(H3,26,27)(H,28,31);1H/t22-;/m0./s1. The number of halogens is 1. The van der Waals surface area contributed by atoms with Crippen molar-refractivity contribution >= 4 is 57.4 Å². The molecule has 3 rings (SSSR count). The fraction of sp³-hybridized carbons (Fsp3) is 0.400. The topological polar surface area (TPSA) is 155 Å². The van der Waals surface area contributed by atoms with Crippen LogP contribution in [0, 0.1) is 11.3 Å². The van der Waals surface area contributed by atoms with Gasteiger partial charge in [0.1, 0.15) is 11.9 Å². The summed E-state index contributed by atoms with van der Waals surface area (Å²) in [5, 5.41) is 10.2. The van der Waals surface area contributed by atoms with E-state index >= 15 is 0 Å². The maximum atomic E-state index is 12.7. The van der Waals surface area contributed by atoms with Crippen molar-refractivity contribution in [3.8, 4) is 0 Å². The molecule has 2 aromatic rings. The lowest BCUT2D eigenvalue weighted by molar-refractivity contribution is -0.145. The van der Waals surface area contributed by atoms with Gasteiger partial charge in [0, 0.05) is 37.3 Å². The van der Waals surface area contributed by atoms with E-state index in [-0.39, 0.29) is 66.1 Å². The van der Waals surface area contributed by atoms with Crippen molar-refractivity contribution in [1.82, 2.24) is 10.0 Å². The highest BCUT2D eigenvalue weighted by Crippen LogP contribution is 2.25. The van der Waals surface area contributed by atoms with Crippen LogP contribution in [0.4, 0.5) is 5.69 Å². The summed E-state index contributed by atoms with van der Waals surface area (Å²) in [4.78, 5) is 27.2. The largest absolute Gasteiger partial charge is 0.465 e. The van der Waals surface area contributed by atoms with Crippen LogP contribution in [0.15, 0.2) is 59.5 Å². The molecule has 202 valence electrons. The maximum absolute atomic E-state index is 12.7. The van der Waals surface area contributed by atoms with E-state index in [9.17, 15) is 18.0 Å². The first kappa shape index (κ1) is 30.5. The molecule has 1 aliphatic heterocycles. The summed E-state index contributed by atoms with van der Waals surface area (Å²) in [6, 6.07) is 14.0. The van der Waals surface area contributed by atoms with Crippen LogP contribution in [-0.2, 0) is 24.3 Å². The molecule has 0 saturated carbocycles. The van der Waals surface area contributed by atoms with Crippen molar-refractivity contribution in [2.45, 2.75) is 37.1 Å². The highest BCUT2D eigenvalue weighted by atomic mass is 127. The Balaban J connectivity index is 0.00000481. The minimum atomic E-state index is -3.96. The van der Waals surface area contributed by atoms with Crippen molar-refractivity contribution in [2.75, 3.05) is 31.1 Å². The normalized spacial score (nSPS) is 14.8. The van der Waals surface area contributed by atoms with Gasteiger partial charge in [-0.3, -0.25) is 15.0 Å². The first-order valence-electron chi connectivity index (χ1n) is 11.9. The zero-order chi connectivity index (χ0) is 26.1. The van der Waals surface area contributed by atoms with E-state index in [1.165, 1.54) is 12.1 Å². The van der Waals surface area contributed by atoms with Gasteiger partial charge in [-0.05, 0) is 62.1 Å². The number of ether oxygens (including phenoxy) is 1. The average Bonchev–Trinajstić information content (AvgIpc) is 2.87. The van der Waals surface area contributed by atoms with Crippen LogP contribution in [0.2, 0.25) is 0 Å². The van der Waals surface area contributed by atoms with Crippen LogP contribution in [0.3, 0.4) is 0 Å². The highest BCUT2D eigenvalue weighted by Gasteiger charge is 2.28. The highest BCUT2D eigenvalue weighted by molar-refractivity contribution is 14.0. The van der Waals surface area contributed by atoms with Gasteiger partial charge >= 0.3 is 5.97 Å². The number of nitrogen functional groups attached to an aromatic ring is 1. The van der Waals surface area contributed by atoms with Crippen molar-refractivity contribution in [3.63, 3.8) is 0 Å². The molecular formula is C25H34IN5O5S. The number of carbonyl (C=O) groups excluding carboxylic acids is 2. The Bertz CT molecular complexity index is 1150. The van der Waals surface area contributed by atoms with Crippen LogP contribution in [0.1, 0.15) is 31.7 Å². The summed E-state index contributed by atoms with van der Waals surface area (Å²) in [5.74, 6) is -0.780. The predicted octanol–water partition coefficient (Wildman–Crippen LogP) is 2.22. The lowest BCUT2D eigenvalue weighted by Crippen LogP contribution is -2.49. The predicted molar refractivity (Wildman–Crippen MR) is 153 cm³/mol. The van der Waals surface area contributed by atoms with Crippen LogP contribution in [0.25, 0.3) is 0 Å². The van der Waals surface area contributed by atoms with Gasteiger partial charge in [0.25, 0.3) is 0 Å². The van der Waals surface area contributed by atoms with Gasteiger partial charge in [0.05, 0.1) is 11.5 Å². The van der Waals surface area contributed by atoms with Crippen LogP contribution < -0.4 is 20.7 Å². The molecule has 1 fully saturated rings. The molecule has 0 bridgehead atoms. The number of rotatable bonds is 11. The Hall–Kier alpha value is -2.71. The zero-order valence-corrected chi connectivity index (χ0v) is 23.8. The Morgan fingerprint density at radius 3 is 2.30 bits per heavy atom. The Morgan fingerprint density at radius 1 is 1.11 bits per heavy atom.